The third-order valence-corrected chi connectivity index (χ3v) is 4.51. The number of carbonyl (C=O) groups is 1. The third kappa shape index (κ3) is 3.19. The average molecular weight is 330 g/mol. The van der Waals surface area contributed by atoms with E-state index in [1.165, 1.54) is 6.26 Å². The van der Waals surface area contributed by atoms with Gasteiger partial charge in [0.15, 0.2) is 0 Å². The molecule has 2 amide bonds. The minimum absolute atomic E-state index is 0.285. The van der Waals surface area contributed by atoms with Crippen LogP contribution < -0.4 is 10.0 Å². The second-order valence-electron chi connectivity index (χ2n) is 5.04. The van der Waals surface area contributed by atoms with Gasteiger partial charge in [0.2, 0.25) is 5.09 Å². The number of hydrogen-bond donors (Lipinski definition) is 2. The smallest absolute Gasteiger partial charge is 0.333 e. The number of hydrogen-bond acceptors (Lipinski definition) is 4. The summed E-state index contributed by atoms with van der Waals surface area (Å²) in [5.41, 5.74) is 1.53. The molecule has 0 spiro atoms. The molecular weight excluding hydrogens is 316 g/mol. The summed E-state index contributed by atoms with van der Waals surface area (Å²) in [6.07, 6.45) is 1.34. The summed E-state index contributed by atoms with van der Waals surface area (Å²) in [5.74, 6) is 0. The van der Waals surface area contributed by atoms with Crippen LogP contribution in [-0.4, -0.2) is 14.4 Å². The third-order valence-electron chi connectivity index (χ3n) is 3.25. The molecule has 0 saturated heterocycles. The molecule has 3 rings (SSSR count). The van der Waals surface area contributed by atoms with E-state index in [2.05, 4.69) is 5.32 Å². The lowest BCUT2D eigenvalue weighted by Gasteiger charge is -2.07. The van der Waals surface area contributed by atoms with Crippen molar-refractivity contribution in [2.75, 3.05) is 5.32 Å². The first-order valence-electron chi connectivity index (χ1n) is 6.82. The highest BCUT2D eigenvalue weighted by Crippen LogP contribution is 2.24. The largest absolute Gasteiger partial charge is 0.450 e. The van der Waals surface area contributed by atoms with Gasteiger partial charge in [-0.15, -0.1) is 0 Å². The van der Waals surface area contributed by atoms with Crippen LogP contribution in [0, 0.1) is 6.92 Å². The monoisotopic (exact) mass is 330 g/mol. The highest BCUT2D eigenvalue weighted by molar-refractivity contribution is 7.90. The van der Waals surface area contributed by atoms with Crippen molar-refractivity contribution < 1.29 is 17.6 Å². The van der Waals surface area contributed by atoms with E-state index in [0.29, 0.717) is 16.5 Å². The molecule has 6 nitrogen and oxygen atoms in total. The first-order valence-corrected chi connectivity index (χ1v) is 8.31. The van der Waals surface area contributed by atoms with Crippen molar-refractivity contribution in [2.45, 2.75) is 12.0 Å². The Morgan fingerprint density at radius 1 is 1.04 bits per heavy atom. The van der Waals surface area contributed by atoms with Crippen LogP contribution in [0.25, 0.3) is 10.8 Å². The fraction of sp³-hybridized carbons (Fsp3) is 0.0625. The van der Waals surface area contributed by atoms with Crippen LogP contribution in [0.3, 0.4) is 0 Å². The molecule has 1 heterocycles. The zero-order valence-electron chi connectivity index (χ0n) is 12.2. The zero-order valence-corrected chi connectivity index (χ0v) is 13.1. The quantitative estimate of drug-likeness (QED) is 0.771. The van der Waals surface area contributed by atoms with Crippen LogP contribution in [0.1, 0.15) is 5.56 Å². The molecule has 7 heteroatoms. The van der Waals surface area contributed by atoms with Gasteiger partial charge in [0.05, 0.1) is 0 Å². The number of urea groups is 1. The standard InChI is InChI=1S/C16H14N2O4S/c1-11-6-8-13(9-7-11)17-16(19)18-23(20,21)15-14-5-3-2-4-12(14)10-22-15/h2-10H,1H3,(H2,17,18,19). The molecule has 0 radical (unpaired) electrons. The molecule has 0 aliphatic rings. The second-order valence-corrected chi connectivity index (χ2v) is 6.62. The van der Waals surface area contributed by atoms with Gasteiger partial charge >= 0.3 is 6.03 Å². The number of amides is 2. The summed E-state index contributed by atoms with van der Waals surface area (Å²) < 4.78 is 31.7. The molecule has 1 aromatic heterocycles. The number of aryl methyl sites for hydroxylation is 1. The minimum atomic E-state index is -4.10. The van der Waals surface area contributed by atoms with E-state index in [0.717, 1.165) is 5.56 Å². The number of fused-ring (bicyclic) bond motifs is 1. The Bertz CT molecular complexity index is 959. The molecule has 0 atom stereocenters. The van der Waals surface area contributed by atoms with Crippen LogP contribution in [0.5, 0.6) is 0 Å². The SMILES string of the molecule is Cc1ccc(NC(=O)NS(=O)(=O)c2occ3ccccc23)cc1. The molecule has 0 unspecified atom stereocenters. The van der Waals surface area contributed by atoms with Crippen molar-refractivity contribution in [3.05, 3.63) is 60.4 Å². The molecule has 0 aliphatic heterocycles. The number of benzene rings is 2. The molecule has 0 bridgehead atoms. The maximum atomic E-state index is 12.3. The lowest BCUT2D eigenvalue weighted by molar-refractivity contribution is 0.256. The highest BCUT2D eigenvalue weighted by atomic mass is 32.2. The van der Waals surface area contributed by atoms with Crippen molar-refractivity contribution in [3.63, 3.8) is 0 Å². The summed E-state index contributed by atoms with van der Waals surface area (Å²) in [4.78, 5) is 11.9. The predicted octanol–water partition coefficient (Wildman–Crippen LogP) is 3.25. The van der Waals surface area contributed by atoms with Crippen LogP contribution in [0.2, 0.25) is 0 Å². The fourth-order valence-corrected chi connectivity index (χ4v) is 3.17. The van der Waals surface area contributed by atoms with Crippen molar-refractivity contribution in [1.82, 2.24) is 4.72 Å². The van der Waals surface area contributed by atoms with Gasteiger partial charge in [-0.3, -0.25) is 0 Å². The first-order chi connectivity index (χ1) is 11.0. The molecule has 3 aromatic rings. The molecule has 2 N–H and O–H groups in total. The second kappa shape index (κ2) is 5.77. The summed E-state index contributed by atoms with van der Waals surface area (Å²) in [5, 5.41) is 3.24. The maximum absolute atomic E-state index is 12.3. The topological polar surface area (TPSA) is 88.4 Å². The van der Waals surface area contributed by atoms with Gasteiger partial charge in [-0.05, 0) is 25.1 Å². The molecule has 0 saturated carbocycles. The van der Waals surface area contributed by atoms with E-state index >= 15 is 0 Å². The van der Waals surface area contributed by atoms with E-state index in [1.54, 1.807) is 36.4 Å². The first kappa shape index (κ1) is 15.1. The zero-order chi connectivity index (χ0) is 16.4. The van der Waals surface area contributed by atoms with Crippen LogP contribution in [0.15, 0.2) is 64.3 Å². The Morgan fingerprint density at radius 3 is 2.48 bits per heavy atom. The van der Waals surface area contributed by atoms with Gasteiger partial charge in [0, 0.05) is 16.5 Å². The van der Waals surface area contributed by atoms with Gasteiger partial charge in [-0.2, -0.15) is 8.42 Å². The Kier molecular flexibility index (Phi) is 3.79. The lowest BCUT2D eigenvalue weighted by Crippen LogP contribution is -2.34. The highest BCUT2D eigenvalue weighted by Gasteiger charge is 2.24. The van der Waals surface area contributed by atoms with Crippen LogP contribution >= 0.6 is 0 Å². The summed E-state index contributed by atoms with van der Waals surface area (Å²) in [7, 11) is -4.10. The van der Waals surface area contributed by atoms with Crippen molar-refractivity contribution in [2.24, 2.45) is 0 Å². The molecular formula is C16H14N2O4S. The summed E-state index contributed by atoms with van der Waals surface area (Å²) >= 11 is 0. The van der Waals surface area contributed by atoms with E-state index in [-0.39, 0.29) is 5.09 Å². The van der Waals surface area contributed by atoms with Crippen LogP contribution in [0.4, 0.5) is 10.5 Å². The predicted molar refractivity (Wildman–Crippen MR) is 86.7 cm³/mol. The fourth-order valence-electron chi connectivity index (χ4n) is 2.14. The molecule has 118 valence electrons. The summed E-state index contributed by atoms with van der Waals surface area (Å²) in [6.45, 7) is 1.91. The number of furan rings is 1. The van der Waals surface area contributed by atoms with Crippen LogP contribution in [-0.2, 0) is 10.0 Å². The van der Waals surface area contributed by atoms with Gasteiger partial charge in [-0.25, -0.2) is 9.52 Å². The number of rotatable bonds is 3. The Labute approximate surface area is 133 Å². The molecule has 23 heavy (non-hydrogen) atoms. The van der Waals surface area contributed by atoms with E-state index < -0.39 is 16.1 Å². The van der Waals surface area contributed by atoms with Gasteiger partial charge < -0.3 is 9.73 Å². The van der Waals surface area contributed by atoms with Crippen molar-refractivity contribution >= 4 is 32.5 Å². The Morgan fingerprint density at radius 2 is 1.74 bits per heavy atom. The Balaban J connectivity index is 1.80. The number of carbonyl (C=O) groups excluding carboxylic acids is 1. The minimum Gasteiger partial charge on any atom is -0.450 e. The number of sulfonamides is 1. The Hall–Kier alpha value is -2.80. The van der Waals surface area contributed by atoms with E-state index in [9.17, 15) is 13.2 Å². The number of nitrogens with one attached hydrogen (secondary N) is 2. The van der Waals surface area contributed by atoms with E-state index in [4.69, 9.17) is 4.42 Å². The summed E-state index contributed by atoms with van der Waals surface area (Å²) in [6, 6.07) is 12.9. The number of anilines is 1. The van der Waals surface area contributed by atoms with Gasteiger partial charge in [0.1, 0.15) is 6.26 Å². The average Bonchev–Trinajstić information content (AvgIpc) is 2.94. The lowest BCUT2D eigenvalue weighted by atomic mass is 10.2. The van der Waals surface area contributed by atoms with Crippen molar-refractivity contribution in [1.29, 1.82) is 0 Å². The van der Waals surface area contributed by atoms with Crippen molar-refractivity contribution in [3.8, 4) is 0 Å². The maximum Gasteiger partial charge on any atom is 0.333 e. The molecule has 2 aromatic carbocycles. The van der Waals surface area contributed by atoms with E-state index in [1.807, 2.05) is 23.8 Å². The normalized spacial score (nSPS) is 11.3. The van der Waals surface area contributed by atoms with Gasteiger partial charge in [0.25, 0.3) is 10.0 Å². The molecule has 0 fully saturated rings. The van der Waals surface area contributed by atoms with Gasteiger partial charge in [-0.1, -0.05) is 35.9 Å². The molecule has 0 aliphatic carbocycles.